The highest BCUT2D eigenvalue weighted by Gasteiger charge is 2.17. The number of halogens is 2. The maximum Gasteiger partial charge on any atom is 0.180 e. The van der Waals surface area contributed by atoms with E-state index in [1.54, 1.807) is 25.4 Å². The van der Waals surface area contributed by atoms with Crippen molar-refractivity contribution in [2.75, 3.05) is 14.2 Å². The van der Waals surface area contributed by atoms with E-state index in [1.165, 1.54) is 13.3 Å². The van der Waals surface area contributed by atoms with Gasteiger partial charge in [0.1, 0.15) is 5.69 Å². The second kappa shape index (κ2) is 5.42. The van der Waals surface area contributed by atoms with Crippen LogP contribution in [0, 0.1) is 0 Å². The number of nitrogens with zero attached hydrogens (tertiary/aromatic N) is 2. The van der Waals surface area contributed by atoms with Gasteiger partial charge in [-0.05, 0) is 12.1 Å². The second-order valence-corrected chi connectivity index (χ2v) is 4.09. The Balaban J connectivity index is 2.63. The molecule has 6 heteroatoms. The quantitative estimate of drug-likeness (QED) is 0.866. The van der Waals surface area contributed by atoms with E-state index in [2.05, 4.69) is 9.97 Å². The second-order valence-electron chi connectivity index (χ2n) is 3.36. The SMILES string of the molecule is COc1ccc(-c2nccnc2Cl)c(Cl)c1OC. The molecule has 1 aromatic heterocycles. The lowest BCUT2D eigenvalue weighted by Gasteiger charge is -2.12. The predicted molar refractivity (Wildman–Crippen MR) is 70.6 cm³/mol. The third kappa shape index (κ3) is 2.21. The molecule has 0 N–H and O–H groups in total. The van der Waals surface area contributed by atoms with Crippen LogP contribution in [0.5, 0.6) is 11.5 Å². The fourth-order valence-electron chi connectivity index (χ4n) is 1.57. The highest BCUT2D eigenvalue weighted by molar-refractivity contribution is 6.36. The van der Waals surface area contributed by atoms with Gasteiger partial charge in [0, 0.05) is 18.0 Å². The topological polar surface area (TPSA) is 44.2 Å². The number of ether oxygens (including phenoxy) is 2. The number of aromatic nitrogens is 2. The zero-order valence-electron chi connectivity index (χ0n) is 9.78. The Labute approximate surface area is 114 Å². The molecule has 18 heavy (non-hydrogen) atoms. The zero-order chi connectivity index (χ0) is 13.1. The van der Waals surface area contributed by atoms with E-state index in [4.69, 9.17) is 32.7 Å². The van der Waals surface area contributed by atoms with Crippen LogP contribution >= 0.6 is 23.2 Å². The average Bonchev–Trinajstić information content (AvgIpc) is 2.39. The molecule has 0 aliphatic carbocycles. The number of hydrogen-bond acceptors (Lipinski definition) is 4. The van der Waals surface area contributed by atoms with Crippen molar-refractivity contribution in [1.82, 2.24) is 9.97 Å². The molecule has 0 saturated heterocycles. The van der Waals surface area contributed by atoms with Crippen molar-refractivity contribution in [3.8, 4) is 22.8 Å². The first-order valence-electron chi connectivity index (χ1n) is 5.06. The van der Waals surface area contributed by atoms with Gasteiger partial charge in [-0.15, -0.1) is 0 Å². The van der Waals surface area contributed by atoms with Crippen molar-refractivity contribution in [1.29, 1.82) is 0 Å². The molecule has 2 rings (SSSR count). The van der Waals surface area contributed by atoms with Crippen LogP contribution in [0.3, 0.4) is 0 Å². The Hall–Kier alpha value is -1.52. The molecule has 1 aromatic carbocycles. The van der Waals surface area contributed by atoms with E-state index in [-0.39, 0.29) is 5.15 Å². The molecule has 94 valence electrons. The molecule has 2 aromatic rings. The summed E-state index contributed by atoms with van der Waals surface area (Å²) in [4.78, 5) is 8.13. The molecule has 0 aliphatic rings. The summed E-state index contributed by atoms with van der Waals surface area (Å²) in [6, 6.07) is 3.50. The van der Waals surface area contributed by atoms with Gasteiger partial charge in [0.05, 0.1) is 19.2 Å². The van der Waals surface area contributed by atoms with Crippen molar-refractivity contribution in [3.05, 3.63) is 34.7 Å². The lowest BCUT2D eigenvalue weighted by atomic mass is 10.1. The lowest BCUT2D eigenvalue weighted by Crippen LogP contribution is -1.94. The molecular formula is C12H10Cl2N2O2. The first-order valence-corrected chi connectivity index (χ1v) is 5.82. The minimum atomic E-state index is 0.284. The summed E-state index contributed by atoms with van der Waals surface area (Å²) in [7, 11) is 3.06. The molecule has 0 saturated carbocycles. The van der Waals surface area contributed by atoms with Crippen molar-refractivity contribution in [2.24, 2.45) is 0 Å². The summed E-state index contributed by atoms with van der Waals surface area (Å²) in [5.74, 6) is 0.990. The van der Waals surface area contributed by atoms with Crippen LogP contribution in [-0.4, -0.2) is 24.2 Å². The third-order valence-electron chi connectivity index (χ3n) is 2.39. The molecule has 0 atom stereocenters. The zero-order valence-corrected chi connectivity index (χ0v) is 11.3. The Bertz CT molecular complexity index is 576. The summed E-state index contributed by atoms with van der Waals surface area (Å²) in [5.41, 5.74) is 1.15. The highest BCUT2D eigenvalue weighted by Crippen LogP contribution is 2.42. The van der Waals surface area contributed by atoms with Gasteiger partial charge >= 0.3 is 0 Å². The lowest BCUT2D eigenvalue weighted by molar-refractivity contribution is 0.355. The van der Waals surface area contributed by atoms with Crippen LogP contribution in [-0.2, 0) is 0 Å². The third-order valence-corrected chi connectivity index (χ3v) is 3.05. The smallest absolute Gasteiger partial charge is 0.180 e. The largest absolute Gasteiger partial charge is 0.493 e. The van der Waals surface area contributed by atoms with Crippen LogP contribution in [0.15, 0.2) is 24.5 Å². The predicted octanol–water partition coefficient (Wildman–Crippen LogP) is 3.47. The average molecular weight is 285 g/mol. The van der Waals surface area contributed by atoms with Crippen molar-refractivity contribution < 1.29 is 9.47 Å². The number of methoxy groups -OCH3 is 2. The fraction of sp³-hybridized carbons (Fsp3) is 0.167. The summed E-state index contributed by atoms with van der Waals surface area (Å²) in [6.45, 7) is 0. The maximum atomic E-state index is 6.27. The van der Waals surface area contributed by atoms with Gasteiger partial charge in [-0.2, -0.15) is 0 Å². The van der Waals surface area contributed by atoms with Crippen molar-refractivity contribution in [2.45, 2.75) is 0 Å². The number of hydrogen-bond donors (Lipinski definition) is 0. The fourth-order valence-corrected chi connectivity index (χ4v) is 2.10. The summed E-state index contributed by atoms with van der Waals surface area (Å²) in [5, 5.41) is 0.672. The van der Waals surface area contributed by atoms with E-state index >= 15 is 0 Å². The minimum Gasteiger partial charge on any atom is -0.493 e. The first-order chi connectivity index (χ1) is 8.69. The summed E-state index contributed by atoms with van der Waals surface area (Å²) in [6.07, 6.45) is 3.06. The number of rotatable bonds is 3. The van der Waals surface area contributed by atoms with Gasteiger partial charge in [0.2, 0.25) is 0 Å². The summed E-state index contributed by atoms with van der Waals surface area (Å²) < 4.78 is 10.4. The monoisotopic (exact) mass is 284 g/mol. The molecule has 0 fully saturated rings. The molecule has 0 aliphatic heterocycles. The Morgan fingerprint density at radius 3 is 2.33 bits per heavy atom. The van der Waals surface area contributed by atoms with E-state index in [0.29, 0.717) is 27.8 Å². The molecule has 0 unspecified atom stereocenters. The molecule has 0 bridgehead atoms. The molecule has 4 nitrogen and oxygen atoms in total. The molecular weight excluding hydrogens is 275 g/mol. The Morgan fingerprint density at radius 1 is 1.00 bits per heavy atom. The van der Waals surface area contributed by atoms with Gasteiger partial charge in [-0.3, -0.25) is 4.98 Å². The van der Waals surface area contributed by atoms with E-state index in [1.807, 2.05) is 0 Å². The molecule has 0 spiro atoms. The van der Waals surface area contributed by atoms with Crippen LogP contribution in [0.4, 0.5) is 0 Å². The number of benzene rings is 1. The first kappa shape index (κ1) is 12.9. The Morgan fingerprint density at radius 2 is 1.72 bits per heavy atom. The van der Waals surface area contributed by atoms with E-state index in [0.717, 1.165) is 0 Å². The standard InChI is InChI=1S/C12H10Cl2N2O2/c1-17-8-4-3-7(9(13)11(8)18-2)10-12(14)16-6-5-15-10/h3-6H,1-2H3. The van der Waals surface area contributed by atoms with Crippen molar-refractivity contribution in [3.63, 3.8) is 0 Å². The summed E-state index contributed by atoms with van der Waals surface area (Å²) >= 11 is 12.3. The molecule has 0 radical (unpaired) electrons. The van der Waals surface area contributed by atoms with Crippen LogP contribution in [0.2, 0.25) is 10.2 Å². The minimum absolute atomic E-state index is 0.284. The van der Waals surface area contributed by atoms with Crippen molar-refractivity contribution >= 4 is 23.2 Å². The maximum absolute atomic E-state index is 6.27. The van der Waals surface area contributed by atoms with Gasteiger partial charge in [0.15, 0.2) is 16.7 Å². The van der Waals surface area contributed by atoms with Gasteiger partial charge in [-0.1, -0.05) is 23.2 Å². The van der Waals surface area contributed by atoms with Gasteiger partial charge < -0.3 is 9.47 Å². The van der Waals surface area contributed by atoms with E-state index in [9.17, 15) is 0 Å². The highest BCUT2D eigenvalue weighted by atomic mass is 35.5. The Kier molecular flexibility index (Phi) is 3.89. The van der Waals surface area contributed by atoms with E-state index < -0.39 is 0 Å². The van der Waals surface area contributed by atoms with Crippen LogP contribution in [0.25, 0.3) is 11.3 Å². The van der Waals surface area contributed by atoms with Crippen LogP contribution < -0.4 is 9.47 Å². The molecule has 1 heterocycles. The normalized spacial score (nSPS) is 10.2. The van der Waals surface area contributed by atoms with Gasteiger partial charge in [-0.25, -0.2) is 4.98 Å². The van der Waals surface area contributed by atoms with Gasteiger partial charge in [0.25, 0.3) is 0 Å². The van der Waals surface area contributed by atoms with Crippen LogP contribution in [0.1, 0.15) is 0 Å². The molecule has 0 amide bonds.